The van der Waals surface area contributed by atoms with E-state index in [9.17, 15) is 35.3 Å². The van der Waals surface area contributed by atoms with Gasteiger partial charge in [0.15, 0.2) is 11.5 Å². The molecule has 0 saturated carbocycles. The Kier molecular flexibility index (Phi) is 5.19. The maximum atomic E-state index is 13.2. The largest absolute Gasteiger partial charge is 0.419 e. The second-order valence-electron chi connectivity index (χ2n) is 5.91. The van der Waals surface area contributed by atoms with E-state index in [1.165, 1.54) is 6.07 Å². The van der Waals surface area contributed by atoms with Crippen LogP contribution in [0.5, 0.6) is 0 Å². The summed E-state index contributed by atoms with van der Waals surface area (Å²) in [5, 5.41) is 12.3. The van der Waals surface area contributed by atoms with E-state index in [1.807, 2.05) is 0 Å². The van der Waals surface area contributed by atoms with Gasteiger partial charge in [-0.1, -0.05) is 0 Å². The Labute approximate surface area is 155 Å². The summed E-state index contributed by atoms with van der Waals surface area (Å²) in [6.45, 7) is 2.20. The number of aromatic nitrogens is 3. The van der Waals surface area contributed by atoms with Crippen LogP contribution in [0.2, 0.25) is 0 Å². The minimum atomic E-state index is -5.42. The number of carbonyl (C=O) groups excluding carboxylic acids is 1. The highest BCUT2D eigenvalue weighted by molar-refractivity contribution is 7.88. The topological polar surface area (TPSA) is 129 Å². The number of nitrogens with zero attached hydrogens (tertiary/aromatic N) is 5. The molecule has 0 radical (unpaired) electrons. The number of anilines is 1. The molecule has 14 heteroatoms. The number of hydrogen-bond acceptors (Lipinski definition) is 6. The van der Waals surface area contributed by atoms with Crippen LogP contribution in [0, 0.1) is 17.1 Å². The minimum Gasteiger partial charge on any atom is -0.271 e. The van der Waals surface area contributed by atoms with Crippen LogP contribution in [-0.4, -0.2) is 33.6 Å². The molecule has 2 rings (SSSR count). The predicted molar refractivity (Wildman–Crippen MR) is 84.5 cm³/mol. The van der Waals surface area contributed by atoms with Crippen LogP contribution < -0.4 is 4.31 Å². The van der Waals surface area contributed by atoms with Crippen molar-refractivity contribution in [2.24, 2.45) is 0 Å². The van der Waals surface area contributed by atoms with E-state index in [4.69, 9.17) is 5.26 Å². The molecule has 0 aliphatic heterocycles. The summed E-state index contributed by atoms with van der Waals surface area (Å²) >= 11 is 0. The number of amides is 1. The molecule has 1 amide bonds. The number of nitriles is 1. The van der Waals surface area contributed by atoms with Crippen molar-refractivity contribution in [2.45, 2.75) is 25.6 Å². The van der Waals surface area contributed by atoms with E-state index < -0.39 is 50.7 Å². The first-order valence-corrected chi connectivity index (χ1v) is 8.59. The van der Waals surface area contributed by atoms with Gasteiger partial charge in [0, 0.05) is 0 Å². The van der Waals surface area contributed by atoms with E-state index in [0.717, 1.165) is 30.9 Å². The van der Waals surface area contributed by atoms with Crippen molar-refractivity contribution in [1.29, 1.82) is 5.26 Å². The monoisotopic (exact) mass is 421 g/mol. The number of pyridine rings is 1. The number of rotatable bonds is 4. The molecule has 0 aromatic carbocycles. The highest BCUT2D eigenvalue weighted by Gasteiger charge is 2.42. The first-order chi connectivity index (χ1) is 12.7. The van der Waals surface area contributed by atoms with Gasteiger partial charge in [0.25, 0.3) is 5.91 Å². The summed E-state index contributed by atoms with van der Waals surface area (Å²) in [5.41, 5.74) is -5.59. The third kappa shape index (κ3) is 3.94. The molecule has 0 atom stereocenters. The molecule has 0 unspecified atom stereocenters. The van der Waals surface area contributed by atoms with Gasteiger partial charge in [-0.3, -0.25) is 14.0 Å². The van der Waals surface area contributed by atoms with Gasteiger partial charge in [-0.25, -0.2) is 9.37 Å². The molecule has 2 aromatic rings. The van der Waals surface area contributed by atoms with Crippen LogP contribution in [0.1, 0.15) is 25.1 Å². The first kappa shape index (κ1) is 21.3. The van der Waals surface area contributed by atoms with Crippen molar-refractivity contribution in [3.63, 3.8) is 0 Å². The second kappa shape index (κ2) is 6.84. The number of carbonyl (C=O) groups is 1. The quantitative estimate of drug-likeness (QED) is 0.589. The smallest absolute Gasteiger partial charge is 0.271 e. The number of hydrogen-bond donors (Lipinski definition) is 1. The molecule has 0 saturated heterocycles. The first-order valence-electron chi connectivity index (χ1n) is 7.19. The second-order valence-corrected chi connectivity index (χ2v) is 7.17. The average Bonchev–Trinajstić information content (AvgIpc) is 3.00. The molecule has 2 heterocycles. The van der Waals surface area contributed by atoms with E-state index in [-0.39, 0.29) is 10.4 Å². The fourth-order valence-corrected chi connectivity index (χ4v) is 2.98. The van der Waals surface area contributed by atoms with Gasteiger partial charge in [-0.2, -0.15) is 36.3 Å². The summed E-state index contributed by atoms with van der Waals surface area (Å²) < 4.78 is 85.9. The minimum absolute atomic E-state index is 0.178. The number of alkyl halides is 3. The lowest BCUT2D eigenvalue weighted by Crippen LogP contribution is -2.50. The van der Waals surface area contributed by atoms with E-state index >= 15 is 0 Å². The van der Waals surface area contributed by atoms with Gasteiger partial charge in [-0.05, 0) is 19.9 Å². The summed E-state index contributed by atoms with van der Waals surface area (Å²) in [6.07, 6.45) is -3.13. The summed E-state index contributed by atoms with van der Waals surface area (Å²) in [4.78, 5) is 16.0. The molecule has 2 aromatic heterocycles. The van der Waals surface area contributed by atoms with Gasteiger partial charge in [0.2, 0.25) is 0 Å². The van der Waals surface area contributed by atoms with Gasteiger partial charge in [-0.15, -0.1) is 0 Å². The van der Waals surface area contributed by atoms with Crippen LogP contribution in [0.3, 0.4) is 0 Å². The van der Waals surface area contributed by atoms with Gasteiger partial charge in [0.05, 0.1) is 29.8 Å². The molecule has 9 nitrogen and oxygen atoms in total. The van der Waals surface area contributed by atoms with E-state index in [2.05, 4.69) is 10.1 Å². The highest BCUT2D eigenvalue weighted by Crippen LogP contribution is 2.34. The lowest BCUT2D eigenvalue weighted by atomic mass is 10.0. The maximum Gasteiger partial charge on any atom is 0.419 e. The molecule has 1 N–H and O–H groups in total. The van der Waals surface area contributed by atoms with Gasteiger partial charge < -0.3 is 0 Å². The third-order valence-corrected chi connectivity index (χ3v) is 4.42. The zero-order valence-corrected chi connectivity index (χ0v) is 15.0. The van der Waals surface area contributed by atoms with Crippen molar-refractivity contribution < 1.29 is 35.3 Å². The third-order valence-electron chi connectivity index (χ3n) is 3.58. The fraction of sp³-hybridized carbons (Fsp3) is 0.286. The summed E-state index contributed by atoms with van der Waals surface area (Å²) in [5.74, 6) is -2.32. The fourth-order valence-electron chi connectivity index (χ4n) is 2.18. The average molecular weight is 421 g/mol. The lowest BCUT2D eigenvalue weighted by Gasteiger charge is -2.29. The van der Waals surface area contributed by atoms with Crippen LogP contribution in [0.4, 0.5) is 23.2 Å². The molecular formula is C14H11F4N5O4S. The van der Waals surface area contributed by atoms with Crippen molar-refractivity contribution in [2.75, 3.05) is 4.31 Å². The Balaban J connectivity index is 2.67. The van der Waals surface area contributed by atoms with Crippen molar-refractivity contribution in [1.82, 2.24) is 14.8 Å². The molecule has 150 valence electrons. The van der Waals surface area contributed by atoms with Crippen LogP contribution >= 0.6 is 0 Å². The Hall–Kier alpha value is -3.05. The highest BCUT2D eigenvalue weighted by atomic mass is 32.2. The summed E-state index contributed by atoms with van der Waals surface area (Å²) in [6, 6.07) is 1.37. The Bertz CT molecular complexity index is 1070. The van der Waals surface area contributed by atoms with Crippen molar-refractivity contribution >= 4 is 21.9 Å². The zero-order valence-electron chi connectivity index (χ0n) is 14.1. The molecule has 0 aliphatic carbocycles. The summed E-state index contributed by atoms with van der Waals surface area (Å²) in [7, 11) is -5.42. The Morgan fingerprint density at radius 3 is 2.36 bits per heavy atom. The zero-order chi connectivity index (χ0) is 21.5. The standard InChI is InChI=1S/C14H11F4N5O4S/c1-13(2,22-7-8(15)5-21-22)12(24)23(28(25,26)27)9-3-10(14(16,17)18)11(4-19)20-6-9/h3,5-7H,1-2H3,(H,25,26,27). The van der Waals surface area contributed by atoms with Crippen LogP contribution in [0.25, 0.3) is 0 Å². The van der Waals surface area contributed by atoms with E-state index in [1.54, 1.807) is 0 Å². The molecular weight excluding hydrogens is 410 g/mol. The molecule has 0 aliphatic rings. The molecule has 0 fully saturated rings. The Morgan fingerprint density at radius 2 is 1.93 bits per heavy atom. The predicted octanol–water partition coefficient (Wildman–Crippen LogP) is 1.88. The Morgan fingerprint density at radius 1 is 1.32 bits per heavy atom. The maximum absolute atomic E-state index is 13.2. The van der Waals surface area contributed by atoms with E-state index in [0.29, 0.717) is 6.20 Å². The van der Waals surface area contributed by atoms with Crippen molar-refractivity contribution in [3.05, 3.63) is 41.7 Å². The van der Waals surface area contributed by atoms with Gasteiger partial charge in [0.1, 0.15) is 11.6 Å². The van der Waals surface area contributed by atoms with Crippen molar-refractivity contribution in [3.8, 4) is 6.07 Å². The molecule has 28 heavy (non-hydrogen) atoms. The van der Waals surface area contributed by atoms with Gasteiger partial charge >= 0.3 is 16.5 Å². The van der Waals surface area contributed by atoms with Crippen LogP contribution in [-0.2, 0) is 26.8 Å². The van der Waals surface area contributed by atoms with Crippen LogP contribution in [0.15, 0.2) is 24.7 Å². The molecule has 0 bridgehead atoms. The SMILES string of the molecule is CC(C)(C(=O)N(c1cnc(C#N)c(C(F)(F)F)c1)S(=O)(=O)O)n1cc(F)cn1. The number of halogens is 4. The molecule has 0 spiro atoms. The lowest BCUT2D eigenvalue weighted by molar-refractivity contribution is -0.138. The normalized spacial score (nSPS) is 12.5.